The summed E-state index contributed by atoms with van der Waals surface area (Å²) in [6.07, 6.45) is 4.36. The molecule has 2 aromatic carbocycles. The third-order valence-corrected chi connectivity index (χ3v) is 6.88. The SMILES string of the molecule is COc1ccc2ncc(C#N)c(CCN3CCC(NCc4cc5c(c([N+](=O)[O-])c4)OCO5)CC3)c2c1. The quantitative estimate of drug-likeness (QED) is 0.374. The van der Waals surface area contributed by atoms with Gasteiger partial charge in [-0.25, -0.2) is 0 Å². The monoisotopic (exact) mass is 489 g/mol. The smallest absolute Gasteiger partial charge is 0.315 e. The zero-order valence-corrected chi connectivity index (χ0v) is 20.0. The van der Waals surface area contributed by atoms with Gasteiger partial charge in [-0.1, -0.05) is 0 Å². The number of ether oxygens (including phenoxy) is 3. The zero-order valence-electron chi connectivity index (χ0n) is 20.0. The lowest BCUT2D eigenvalue weighted by molar-refractivity contribution is -0.385. The van der Waals surface area contributed by atoms with Crippen LogP contribution in [0.3, 0.4) is 0 Å². The van der Waals surface area contributed by atoms with E-state index in [-0.39, 0.29) is 18.2 Å². The molecule has 36 heavy (non-hydrogen) atoms. The summed E-state index contributed by atoms with van der Waals surface area (Å²) in [7, 11) is 1.63. The van der Waals surface area contributed by atoms with Gasteiger partial charge in [0.25, 0.3) is 0 Å². The third kappa shape index (κ3) is 4.89. The molecule has 1 fully saturated rings. The van der Waals surface area contributed by atoms with Crippen molar-refractivity contribution in [2.24, 2.45) is 0 Å². The average Bonchev–Trinajstić information content (AvgIpc) is 3.38. The Morgan fingerprint density at radius 1 is 1.28 bits per heavy atom. The number of fused-ring (bicyclic) bond motifs is 2. The van der Waals surface area contributed by atoms with Crippen LogP contribution in [0, 0.1) is 21.4 Å². The fourth-order valence-electron chi connectivity index (χ4n) is 4.90. The lowest BCUT2D eigenvalue weighted by Crippen LogP contribution is -2.42. The molecule has 0 unspecified atom stereocenters. The second-order valence-corrected chi connectivity index (χ2v) is 9.00. The van der Waals surface area contributed by atoms with E-state index >= 15 is 0 Å². The molecule has 5 rings (SSSR count). The maximum atomic E-state index is 11.4. The van der Waals surface area contributed by atoms with Gasteiger partial charge in [0, 0.05) is 36.8 Å². The Morgan fingerprint density at radius 2 is 2.11 bits per heavy atom. The van der Waals surface area contributed by atoms with Gasteiger partial charge >= 0.3 is 5.69 Å². The standard InChI is InChI=1S/C26H27N5O5/c1-34-20-2-3-23-22(12-20)21(18(13-27)15-29-23)6-9-30-7-4-19(5-8-30)28-14-17-10-24(31(32)33)26-25(11-17)35-16-36-26/h2-3,10-12,15,19,28H,4-9,14,16H2,1H3. The fraction of sp³-hybridized carbons (Fsp3) is 0.385. The van der Waals surface area contributed by atoms with Crippen LogP contribution in [0.5, 0.6) is 17.2 Å². The van der Waals surface area contributed by atoms with Crippen LogP contribution in [-0.2, 0) is 13.0 Å². The number of benzene rings is 2. The molecule has 2 aliphatic rings. The van der Waals surface area contributed by atoms with Crippen molar-refractivity contribution in [2.45, 2.75) is 31.8 Å². The van der Waals surface area contributed by atoms with Gasteiger partial charge in [-0.2, -0.15) is 5.26 Å². The highest BCUT2D eigenvalue weighted by Gasteiger charge is 2.27. The van der Waals surface area contributed by atoms with Crippen molar-refractivity contribution in [2.75, 3.05) is 33.5 Å². The predicted molar refractivity (Wildman–Crippen MR) is 132 cm³/mol. The Bertz CT molecular complexity index is 1330. The van der Waals surface area contributed by atoms with E-state index in [2.05, 4.69) is 21.3 Å². The molecule has 0 radical (unpaired) electrons. The van der Waals surface area contributed by atoms with E-state index in [0.29, 0.717) is 23.9 Å². The number of hydrogen-bond donors (Lipinski definition) is 1. The minimum absolute atomic E-state index is 0.00417. The number of aromatic nitrogens is 1. The predicted octanol–water partition coefficient (Wildman–Crippen LogP) is 3.55. The molecule has 0 saturated carbocycles. The number of pyridine rings is 1. The molecule has 0 bridgehead atoms. The molecule has 0 atom stereocenters. The Hall–Kier alpha value is -3.94. The highest BCUT2D eigenvalue weighted by Crippen LogP contribution is 2.41. The molecule has 0 amide bonds. The van der Waals surface area contributed by atoms with Crippen molar-refractivity contribution in [1.82, 2.24) is 15.2 Å². The van der Waals surface area contributed by atoms with Gasteiger partial charge in [-0.15, -0.1) is 0 Å². The molecule has 2 aliphatic heterocycles. The Labute approximate surface area is 208 Å². The largest absolute Gasteiger partial charge is 0.497 e. The minimum Gasteiger partial charge on any atom is -0.497 e. The van der Waals surface area contributed by atoms with Crippen molar-refractivity contribution >= 4 is 16.6 Å². The van der Waals surface area contributed by atoms with Crippen LogP contribution >= 0.6 is 0 Å². The maximum Gasteiger partial charge on any atom is 0.315 e. The maximum absolute atomic E-state index is 11.4. The van der Waals surface area contributed by atoms with Crippen LogP contribution in [0.2, 0.25) is 0 Å². The summed E-state index contributed by atoms with van der Waals surface area (Å²) in [5.41, 5.74) is 3.21. The first kappa shape index (κ1) is 23.8. The van der Waals surface area contributed by atoms with E-state index in [1.165, 1.54) is 0 Å². The first-order chi connectivity index (χ1) is 17.6. The number of nitro benzene ring substituents is 1. The molecule has 3 aromatic rings. The molecular formula is C26H27N5O5. The molecule has 10 nitrogen and oxygen atoms in total. The number of nitriles is 1. The first-order valence-electron chi connectivity index (χ1n) is 11.9. The van der Waals surface area contributed by atoms with Crippen LogP contribution in [0.4, 0.5) is 5.69 Å². The number of rotatable bonds is 8. The van der Waals surface area contributed by atoms with Crippen molar-refractivity contribution in [1.29, 1.82) is 5.26 Å². The second kappa shape index (κ2) is 10.4. The molecule has 0 aliphatic carbocycles. The minimum atomic E-state index is -0.435. The molecule has 0 spiro atoms. The van der Waals surface area contributed by atoms with Crippen molar-refractivity contribution in [3.05, 3.63) is 63.3 Å². The number of likely N-dealkylation sites (tertiary alicyclic amines) is 1. The van der Waals surface area contributed by atoms with E-state index in [1.807, 2.05) is 18.2 Å². The number of piperidine rings is 1. The fourth-order valence-corrected chi connectivity index (χ4v) is 4.90. The Morgan fingerprint density at radius 3 is 2.86 bits per heavy atom. The van der Waals surface area contributed by atoms with Crippen LogP contribution in [0.25, 0.3) is 10.9 Å². The lowest BCUT2D eigenvalue weighted by atomic mass is 9.99. The molecular weight excluding hydrogens is 462 g/mol. The van der Waals surface area contributed by atoms with Gasteiger partial charge in [0.1, 0.15) is 11.8 Å². The van der Waals surface area contributed by atoms with Gasteiger partial charge in [-0.05, 0) is 67.7 Å². The van der Waals surface area contributed by atoms with Crippen molar-refractivity contribution < 1.29 is 19.1 Å². The summed E-state index contributed by atoms with van der Waals surface area (Å²) < 4.78 is 16.0. The molecule has 1 aromatic heterocycles. The average molecular weight is 490 g/mol. The van der Waals surface area contributed by atoms with Gasteiger partial charge in [0.15, 0.2) is 5.75 Å². The molecule has 1 saturated heterocycles. The van der Waals surface area contributed by atoms with Crippen LogP contribution < -0.4 is 19.5 Å². The summed E-state index contributed by atoms with van der Waals surface area (Å²) in [5, 5.41) is 25.5. The second-order valence-electron chi connectivity index (χ2n) is 9.00. The normalized spacial score (nSPS) is 15.7. The number of hydrogen-bond acceptors (Lipinski definition) is 9. The van der Waals surface area contributed by atoms with Gasteiger partial charge in [-0.3, -0.25) is 15.1 Å². The lowest BCUT2D eigenvalue weighted by Gasteiger charge is -2.32. The van der Waals surface area contributed by atoms with Crippen LogP contribution in [0.1, 0.15) is 29.5 Å². The number of methoxy groups -OCH3 is 1. The summed E-state index contributed by atoms with van der Waals surface area (Å²) in [4.78, 5) is 17.8. The number of nitrogens with one attached hydrogen (secondary N) is 1. The molecule has 1 N–H and O–H groups in total. The summed E-state index contributed by atoms with van der Waals surface area (Å²) in [6.45, 7) is 3.26. The van der Waals surface area contributed by atoms with Gasteiger partial charge < -0.3 is 24.4 Å². The molecule has 3 heterocycles. The summed E-state index contributed by atoms with van der Waals surface area (Å²) in [6, 6.07) is 11.7. The molecule has 186 valence electrons. The number of nitrogens with zero attached hydrogens (tertiary/aromatic N) is 4. The van der Waals surface area contributed by atoms with Gasteiger partial charge in [0.2, 0.25) is 12.5 Å². The highest BCUT2D eigenvalue weighted by molar-refractivity contribution is 5.85. The van der Waals surface area contributed by atoms with E-state index in [1.54, 1.807) is 25.4 Å². The van der Waals surface area contributed by atoms with Crippen LogP contribution in [0.15, 0.2) is 36.5 Å². The number of nitro groups is 1. The van der Waals surface area contributed by atoms with E-state index < -0.39 is 4.92 Å². The summed E-state index contributed by atoms with van der Waals surface area (Å²) in [5.74, 6) is 1.38. The summed E-state index contributed by atoms with van der Waals surface area (Å²) >= 11 is 0. The van der Waals surface area contributed by atoms with Crippen LogP contribution in [-0.4, -0.2) is 54.4 Å². The van der Waals surface area contributed by atoms with Gasteiger partial charge in [0.05, 0.1) is 23.1 Å². The van der Waals surface area contributed by atoms with Crippen molar-refractivity contribution in [3.8, 4) is 23.3 Å². The Balaban J connectivity index is 1.17. The van der Waals surface area contributed by atoms with Crippen molar-refractivity contribution in [3.63, 3.8) is 0 Å². The van der Waals surface area contributed by atoms with E-state index in [9.17, 15) is 15.4 Å². The molecule has 10 heteroatoms. The first-order valence-corrected chi connectivity index (χ1v) is 11.9. The Kier molecular flexibility index (Phi) is 6.84. The topological polar surface area (TPSA) is 123 Å². The third-order valence-electron chi connectivity index (χ3n) is 6.88. The highest BCUT2D eigenvalue weighted by atomic mass is 16.7. The van der Waals surface area contributed by atoms with E-state index in [4.69, 9.17) is 14.2 Å². The zero-order chi connectivity index (χ0) is 25.1. The van der Waals surface area contributed by atoms with E-state index in [0.717, 1.165) is 66.7 Å².